The maximum atomic E-state index is 13.7. The smallest absolute Gasteiger partial charge is 0.341 e. The van der Waals surface area contributed by atoms with E-state index in [9.17, 15) is 13.2 Å². The van der Waals surface area contributed by atoms with Crippen molar-refractivity contribution in [3.8, 4) is 0 Å². The Balaban J connectivity index is 1.58. The maximum absolute atomic E-state index is 13.7. The highest BCUT2D eigenvalue weighted by atomic mass is 32.2. The Kier molecular flexibility index (Phi) is 7.11. The van der Waals surface area contributed by atoms with Gasteiger partial charge in [-0.3, -0.25) is 0 Å². The molecule has 0 aliphatic carbocycles. The zero-order valence-corrected chi connectivity index (χ0v) is 20.4. The van der Waals surface area contributed by atoms with Crippen LogP contribution < -0.4 is 4.90 Å². The summed E-state index contributed by atoms with van der Waals surface area (Å²) < 4.78 is 33.9. The second-order valence-electron chi connectivity index (χ2n) is 8.48. The van der Waals surface area contributed by atoms with Gasteiger partial charge in [0.15, 0.2) is 0 Å². The van der Waals surface area contributed by atoms with Crippen LogP contribution in [0, 0.1) is 0 Å². The first-order valence-electron chi connectivity index (χ1n) is 11.2. The molecule has 0 saturated carbocycles. The molecule has 34 heavy (non-hydrogen) atoms. The summed E-state index contributed by atoms with van der Waals surface area (Å²) in [6.45, 7) is 3.74. The van der Waals surface area contributed by atoms with Gasteiger partial charge in [-0.25, -0.2) is 23.2 Å². The van der Waals surface area contributed by atoms with Gasteiger partial charge in [-0.2, -0.15) is 4.31 Å². The standard InChI is InChI=1S/C24H29N5O4S/c1-4-33-23(30)20-14-25-24(26-15-20)28-11-12-29(21(17-28)16-27(2)3)34(31,32)22-10-9-18-7-5-6-8-19(18)13-22/h5-10,13-15,21H,4,11-12,16-17H2,1-3H3. The monoisotopic (exact) mass is 483 g/mol. The van der Waals surface area contributed by atoms with Crippen LogP contribution in [0.5, 0.6) is 0 Å². The number of anilines is 1. The lowest BCUT2D eigenvalue weighted by Gasteiger charge is -2.41. The molecular formula is C24H29N5O4S. The van der Waals surface area contributed by atoms with E-state index in [0.29, 0.717) is 37.0 Å². The van der Waals surface area contributed by atoms with E-state index < -0.39 is 16.0 Å². The molecule has 1 aromatic heterocycles. The van der Waals surface area contributed by atoms with Crippen molar-refractivity contribution < 1.29 is 17.9 Å². The van der Waals surface area contributed by atoms with Crippen molar-refractivity contribution in [3.05, 3.63) is 60.4 Å². The van der Waals surface area contributed by atoms with Gasteiger partial charge < -0.3 is 14.5 Å². The molecule has 3 aromatic rings. The number of rotatable bonds is 7. The van der Waals surface area contributed by atoms with Crippen molar-refractivity contribution >= 4 is 32.7 Å². The van der Waals surface area contributed by atoms with E-state index in [1.807, 2.05) is 54.2 Å². The van der Waals surface area contributed by atoms with E-state index >= 15 is 0 Å². The number of carbonyl (C=O) groups excluding carboxylic acids is 1. The fraction of sp³-hybridized carbons (Fsp3) is 0.375. The Hall–Kier alpha value is -3.08. The predicted octanol–water partition coefficient (Wildman–Crippen LogP) is 2.25. The van der Waals surface area contributed by atoms with Crippen LogP contribution in [0.1, 0.15) is 17.3 Å². The number of likely N-dealkylation sites (N-methyl/N-ethyl adjacent to an activating group) is 1. The summed E-state index contributed by atoms with van der Waals surface area (Å²) in [4.78, 5) is 24.8. The molecule has 9 nitrogen and oxygen atoms in total. The quantitative estimate of drug-likeness (QED) is 0.472. The van der Waals surface area contributed by atoms with Gasteiger partial charge in [0.05, 0.1) is 23.1 Å². The first-order chi connectivity index (χ1) is 16.3. The Bertz CT molecular complexity index is 1260. The number of hydrogen-bond acceptors (Lipinski definition) is 8. The van der Waals surface area contributed by atoms with Crippen LogP contribution in [-0.2, 0) is 14.8 Å². The van der Waals surface area contributed by atoms with Gasteiger partial charge in [-0.1, -0.05) is 30.3 Å². The van der Waals surface area contributed by atoms with Gasteiger partial charge in [0.25, 0.3) is 0 Å². The van der Waals surface area contributed by atoms with Crippen LogP contribution in [0.4, 0.5) is 5.95 Å². The largest absolute Gasteiger partial charge is 0.462 e. The second-order valence-corrected chi connectivity index (χ2v) is 10.4. The number of aromatic nitrogens is 2. The summed E-state index contributed by atoms with van der Waals surface area (Å²) in [5, 5.41) is 1.89. The summed E-state index contributed by atoms with van der Waals surface area (Å²) in [5.74, 6) is -0.00890. The Morgan fingerprint density at radius 1 is 1.09 bits per heavy atom. The summed E-state index contributed by atoms with van der Waals surface area (Å²) in [5.41, 5.74) is 0.285. The molecule has 1 saturated heterocycles. The first-order valence-corrected chi connectivity index (χ1v) is 12.6. The van der Waals surface area contributed by atoms with Crippen molar-refractivity contribution in [1.82, 2.24) is 19.2 Å². The van der Waals surface area contributed by atoms with Crippen LogP contribution in [0.3, 0.4) is 0 Å². The summed E-state index contributed by atoms with van der Waals surface area (Å²) in [6.07, 6.45) is 2.89. The number of esters is 1. The summed E-state index contributed by atoms with van der Waals surface area (Å²) in [7, 11) is 0.142. The molecule has 2 heterocycles. The molecule has 0 N–H and O–H groups in total. The number of carbonyl (C=O) groups is 1. The molecule has 0 spiro atoms. The minimum atomic E-state index is -3.70. The van der Waals surface area contributed by atoms with Gasteiger partial charge in [0, 0.05) is 38.6 Å². The first kappa shape index (κ1) is 24.1. The molecule has 0 amide bonds. The van der Waals surface area contributed by atoms with Gasteiger partial charge >= 0.3 is 5.97 Å². The Morgan fingerprint density at radius 2 is 1.79 bits per heavy atom. The van der Waals surface area contributed by atoms with Gasteiger partial charge in [-0.05, 0) is 43.9 Å². The third-order valence-electron chi connectivity index (χ3n) is 5.76. The minimum absolute atomic E-state index is 0.278. The van der Waals surface area contributed by atoms with E-state index in [2.05, 4.69) is 9.97 Å². The van der Waals surface area contributed by atoms with Gasteiger partial charge in [-0.15, -0.1) is 0 Å². The molecule has 1 atom stereocenters. The van der Waals surface area contributed by atoms with E-state index in [1.54, 1.807) is 23.4 Å². The molecule has 2 aromatic carbocycles. The molecule has 4 rings (SSSR count). The number of sulfonamides is 1. The fourth-order valence-electron chi connectivity index (χ4n) is 4.17. The van der Waals surface area contributed by atoms with Crippen LogP contribution in [0.2, 0.25) is 0 Å². The zero-order chi connectivity index (χ0) is 24.3. The third-order valence-corrected chi connectivity index (χ3v) is 7.71. The highest BCUT2D eigenvalue weighted by Gasteiger charge is 2.37. The SMILES string of the molecule is CCOC(=O)c1cnc(N2CCN(S(=O)(=O)c3ccc4ccccc4c3)C(CN(C)C)C2)nc1. The van der Waals surface area contributed by atoms with Crippen LogP contribution in [0.25, 0.3) is 10.8 Å². The number of ether oxygens (including phenoxy) is 1. The van der Waals surface area contributed by atoms with Crippen LogP contribution in [0.15, 0.2) is 59.8 Å². The van der Waals surface area contributed by atoms with Crippen molar-refractivity contribution in [3.63, 3.8) is 0 Å². The van der Waals surface area contributed by atoms with E-state index in [1.165, 1.54) is 12.4 Å². The van der Waals surface area contributed by atoms with Crippen molar-refractivity contribution in [2.45, 2.75) is 17.9 Å². The zero-order valence-electron chi connectivity index (χ0n) is 19.6. The Labute approximate surface area is 200 Å². The number of piperazine rings is 1. The number of hydrogen-bond donors (Lipinski definition) is 0. The average molecular weight is 484 g/mol. The summed E-state index contributed by atoms with van der Waals surface area (Å²) >= 11 is 0. The molecule has 10 heteroatoms. The van der Waals surface area contributed by atoms with E-state index in [4.69, 9.17) is 4.74 Å². The van der Waals surface area contributed by atoms with E-state index in [0.717, 1.165) is 10.8 Å². The summed E-state index contributed by atoms with van der Waals surface area (Å²) in [6, 6.07) is 12.7. The number of nitrogens with zero attached hydrogens (tertiary/aromatic N) is 5. The minimum Gasteiger partial charge on any atom is -0.462 e. The van der Waals surface area contributed by atoms with Crippen molar-refractivity contribution in [1.29, 1.82) is 0 Å². The average Bonchev–Trinajstić information content (AvgIpc) is 2.83. The van der Waals surface area contributed by atoms with Crippen LogP contribution in [-0.4, -0.2) is 86.5 Å². The highest BCUT2D eigenvalue weighted by molar-refractivity contribution is 7.89. The Morgan fingerprint density at radius 3 is 2.47 bits per heavy atom. The fourth-order valence-corrected chi connectivity index (χ4v) is 5.81. The third kappa shape index (κ3) is 5.03. The molecule has 1 fully saturated rings. The van der Waals surface area contributed by atoms with Crippen LogP contribution >= 0.6 is 0 Å². The maximum Gasteiger partial charge on any atom is 0.341 e. The molecule has 0 bridgehead atoms. The highest BCUT2D eigenvalue weighted by Crippen LogP contribution is 2.26. The molecule has 180 valence electrons. The molecular weight excluding hydrogens is 454 g/mol. The lowest BCUT2D eigenvalue weighted by Crippen LogP contribution is -2.58. The number of benzene rings is 2. The second kappa shape index (κ2) is 10.0. The number of fused-ring (bicyclic) bond motifs is 1. The lowest BCUT2D eigenvalue weighted by atomic mass is 10.1. The topological polar surface area (TPSA) is 95.9 Å². The van der Waals surface area contributed by atoms with Gasteiger partial charge in [0.1, 0.15) is 0 Å². The van der Waals surface area contributed by atoms with Gasteiger partial charge in [0.2, 0.25) is 16.0 Å². The normalized spacial score (nSPS) is 17.3. The molecule has 1 aliphatic heterocycles. The van der Waals surface area contributed by atoms with Crippen molar-refractivity contribution in [2.24, 2.45) is 0 Å². The lowest BCUT2D eigenvalue weighted by molar-refractivity contribution is 0.0525. The predicted molar refractivity (Wildman–Crippen MR) is 130 cm³/mol. The van der Waals surface area contributed by atoms with Crippen molar-refractivity contribution in [2.75, 3.05) is 51.8 Å². The molecule has 0 radical (unpaired) electrons. The van der Waals surface area contributed by atoms with E-state index in [-0.39, 0.29) is 18.2 Å². The molecule has 1 aliphatic rings. The molecule has 1 unspecified atom stereocenters.